The summed E-state index contributed by atoms with van der Waals surface area (Å²) in [5.41, 5.74) is 3.43. The van der Waals surface area contributed by atoms with Gasteiger partial charge in [-0.15, -0.1) is 0 Å². The smallest absolute Gasteiger partial charge is 0.243 e. The molecule has 0 unspecified atom stereocenters. The topological polar surface area (TPSA) is 96.0 Å². The highest BCUT2D eigenvalue weighted by Gasteiger charge is 2.30. The molecule has 1 N–H and O–H groups in total. The minimum atomic E-state index is -3.59. The standard InChI is InChI=1S/C32H41N3O5S/c1-5-33-32(37)30(23-26-14-8-7-9-15-26)34(24-27-16-11-10-13-25(27)3)31(36)17-12-22-35(41(4,38)39)28-18-20-29(21-19-28)40-6-2/h7-11,13-16,18-21,30H,5-6,12,17,22-24H2,1-4H3,(H,33,37)/t30-/m0/s1. The fourth-order valence-corrected chi connectivity index (χ4v) is 5.66. The van der Waals surface area contributed by atoms with E-state index in [1.807, 2.05) is 75.4 Å². The van der Waals surface area contributed by atoms with Crippen LogP contribution in [0.3, 0.4) is 0 Å². The van der Waals surface area contributed by atoms with Gasteiger partial charge < -0.3 is 15.0 Å². The number of likely N-dealkylation sites (N-methyl/N-ethyl adjacent to an activating group) is 1. The van der Waals surface area contributed by atoms with E-state index in [1.54, 1.807) is 29.2 Å². The number of ether oxygens (including phenoxy) is 1. The minimum absolute atomic E-state index is 0.0830. The highest BCUT2D eigenvalue weighted by Crippen LogP contribution is 2.23. The van der Waals surface area contributed by atoms with Gasteiger partial charge in [0.25, 0.3) is 0 Å². The molecule has 9 heteroatoms. The molecular formula is C32H41N3O5S. The molecule has 3 rings (SSSR count). The molecule has 220 valence electrons. The van der Waals surface area contributed by atoms with Crippen molar-refractivity contribution in [3.63, 3.8) is 0 Å². The van der Waals surface area contributed by atoms with Crippen LogP contribution in [0.25, 0.3) is 0 Å². The van der Waals surface area contributed by atoms with Gasteiger partial charge >= 0.3 is 0 Å². The van der Waals surface area contributed by atoms with E-state index in [1.165, 1.54) is 4.31 Å². The first kappa shape index (κ1) is 31.7. The van der Waals surface area contributed by atoms with Gasteiger partial charge in [0.1, 0.15) is 11.8 Å². The van der Waals surface area contributed by atoms with Gasteiger partial charge in [0.05, 0.1) is 18.6 Å². The average molecular weight is 580 g/mol. The predicted octanol–water partition coefficient (Wildman–Crippen LogP) is 4.72. The molecule has 41 heavy (non-hydrogen) atoms. The molecular weight excluding hydrogens is 538 g/mol. The fraction of sp³-hybridized carbons (Fsp3) is 0.375. The number of hydrogen-bond acceptors (Lipinski definition) is 5. The van der Waals surface area contributed by atoms with Crippen LogP contribution in [-0.2, 0) is 32.6 Å². The lowest BCUT2D eigenvalue weighted by molar-refractivity contribution is -0.141. The summed E-state index contributed by atoms with van der Waals surface area (Å²) in [6.45, 7) is 7.07. The number of anilines is 1. The van der Waals surface area contributed by atoms with Crippen LogP contribution < -0.4 is 14.4 Å². The molecule has 8 nitrogen and oxygen atoms in total. The monoisotopic (exact) mass is 579 g/mol. The highest BCUT2D eigenvalue weighted by atomic mass is 32.2. The molecule has 0 saturated carbocycles. The van der Waals surface area contributed by atoms with Crippen LogP contribution in [0, 0.1) is 6.92 Å². The van der Waals surface area contributed by atoms with E-state index in [0.29, 0.717) is 31.0 Å². The molecule has 0 fully saturated rings. The van der Waals surface area contributed by atoms with Crippen LogP contribution in [0.15, 0.2) is 78.9 Å². The minimum Gasteiger partial charge on any atom is -0.494 e. The third kappa shape index (κ3) is 9.35. The summed E-state index contributed by atoms with van der Waals surface area (Å²) in [5.74, 6) is 0.229. The summed E-state index contributed by atoms with van der Waals surface area (Å²) in [7, 11) is -3.59. The number of hydrogen-bond donors (Lipinski definition) is 1. The molecule has 3 aromatic carbocycles. The van der Waals surface area contributed by atoms with Crippen molar-refractivity contribution in [1.29, 1.82) is 0 Å². The Balaban J connectivity index is 1.85. The van der Waals surface area contributed by atoms with E-state index in [-0.39, 0.29) is 37.7 Å². The summed E-state index contributed by atoms with van der Waals surface area (Å²) < 4.78 is 32.1. The SMILES string of the molecule is CCNC(=O)[C@H](Cc1ccccc1)N(Cc1ccccc1C)C(=O)CCCN(c1ccc(OCC)cc1)S(C)(=O)=O. The van der Waals surface area contributed by atoms with Crippen LogP contribution in [-0.4, -0.2) is 57.1 Å². The second-order valence-corrected chi connectivity index (χ2v) is 11.8. The van der Waals surface area contributed by atoms with E-state index in [4.69, 9.17) is 4.74 Å². The summed E-state index contributed by atoms with van der Waals surface area (Å²) in [6.07, 6.45) is 1.89. The molecule has 0 aromatic heterocycles. The predicted molar refractivity (Wildman–Crippen MR) is 163 cm³/mol. The maximum Gasteiger partial charge on any atom is 0.243 e. The van der Waals surface area contributed by atoms with Crippen LogP contribution in [0.5, 0.6) is 5.75 Å². The normalized spacial score (nSPS) is 11.9. The number of sulfonamides is 1. The van der Waals surface area contributed by atoms with E-state index >= 15 is 0 Å². The Kier molecular flexibility index (Phi) is 11.8. The number of benzene rings is 3. The molecule has 0 bridgehead atoms. The fourth-order valence-electron chi connectivity index (χ4n) is 4.70. The number of aryl methyl sites for hydroxylation is 1. The van der Waals surface area contributed by atoms with Crippen LogP contribution in [0.4, 0.5) is 5.69 Å². The average Bonchev–Trinajstić information content (AvgIpc) is 2.94. The summed E-state index contributed by atoms with van der Waals surface area (Å²) >= 11 is 0. The van der Waals surface area contributed by atoms with Crippen molar-refractivity contribution in [2.24, 2.45) is 0 Å². The van der Waals surface area contributed by atoms with Crippen molar-refractivity contribution in [1.82, 2.24) is 10.2 Å². The van der Waals surface area contributed by atoms with Gasteiger partial charge in [-0.25, -0.2) is 8.42 Å². The van der Waals surface area contributed by atoms with Gasteiger partial charge in [0.15, 0.2) is 0 Å². The zero-order valence-electron chi connectivity index (χ0n) is 24.4. The van der Waals surface area contributed by atoms with E-state index in [9.17, 15) is 18.0 Å². The number of rotatable bonds is 15. The molecule has 0 aliphatic heterocycles. The van der Waals surface area contributed by atoms with E-state index in [0.717, 1.165) is 22.9 Å². The van der Waals surface area contributed by atoms with Crippen LogP contribution in [0.1, 0.15) is 43.4 Å². The van der Waals surface area contributed by atoms with Gasteiger partial charge in [-0.1, -0.05) is 54.6 Å². The lowest BCUT2D eigenvalue weighted by Gasteiger charge is -2.32. The van der Waals surface area contributed by atoms with Crippen LogP contribution >= 0.6 is 0 Å². The number of carbonyl (C=O) groups excluding carboxylic acids is 2. The molecule has 3 aromatic rings. The van der Waals surface area contributed by atoms with Crippen molar-refractivity contribution in [2.75, 3.05) is 30.3 Å². The largest absolute Gasteiger partial charge is 0.494 e. The molecule has 0 heterocycles. The number of carbonyl (C=O) groups is 2. The van der Waals surface area contributed by atoms with Gasteiger partial charge in [-0.05, 0) is 68.1 Å². The second kappa shape index (κ2) is 15.2. The van der Waals surface area contributed by atoms with Gasteiger partial charge in [0.2, 0.25) is 21.8 Å². The van der Waals surface area contributed by atoms with E-state index in [2.05, 4.69) is 5.32 Å². The first-order valence-electron chi connectivity index (χ1n) is 14.0. The molecule has 0 aliphatic rings. The quantitative estimate of drug-likeness (QED) is 0.281. The second-order valence-electron chi connectivity index (χ2n) is 9.91. The summed E-state index contributed by atoms with van der Waals surface area (Å²) in [4.78, 5) is 28.8. The Labute approximate surface area is 244 Å². The molecule has 0 aliphatic carbocycles. The van der Waals surface area contributed by atoms with Gasteiger partial charge in [-0.2, -0.15) is 0 Å². The Hall–Kier alpha value is -3.85. The van der Waals surface area contributed by atoms with Gasteiger partial charge in [0, 0.05) is 32.5 Å². The van der Waals surface area contributed by atoms with Crippen LogP contribution in [0.2, 0.25) is 0 Å². The van der Waals surface area contributed by atoms with E-state index < -0.39 is 16.1 Å². The van der Waals surface area contributed by atoms with Crippen molar-refractivity contribution < 1.29 is 22.7 Å². The van der Waals surface area contributed by atoms with Crippen molar-refractivity contribution in [3.8, 4) is 5.75 Å². The van der Waals surface area contributed by atoms with Crippen molar-refractivity contribution >= 4 is 27.5 Å². The maximum absolute atomic E-state index is 13.8. The molecule has 2 amide bonds. The zero-order chi connectivity index (χ0) is 29.8. The molecule has 1 atom stereocenters. The molecule has 0 radical (unpaired) electrons. The third-order valence-corrected chi connectivity index (χ3v) is 8.01. The summed E-state index contributed by atoms with van der Waals surface area (Å²) in [6, 6.07) is 23.6. The number of nitrogens with zero attached hydrogens (tertiary/aromatic N) is 2. The maximum atomic E-state index is 13.8. The van der Waals surface area contributed by atoms with Crippen molar-refractivity contribution in [2.45, 2.75) is 52.6 Å². The number of nitrogens with one attached hydrogen (secondary N) is 1. The first-order chi connectivity index (χ1) is 19.6. The third-order valence-electron chi connectivity index (χ3n) is 6.81. The Morgan fingerprint density at radius 3 is 2.20 bits per heavy atom. The van der Waals surface area contributed by atoms with Gasteiger partial charge in [-0.3, -0.25) is 13.9 Å². The highest BCUT2D eigenvalue weighted by molar-refractivity contribution is 7.92. The Morgan fingerprint density at radius 1 is 0.927 bits per heavy atom. The first-order valence-corrected chi connectivity index (χ1v) is 15.8. The molecule has 0 saturated heterocycles. The Bertz CT molecular complexity index is 1380. The zero-order valence-corrected chi connectivity index (χ0v) is 25.2. The summed E-state index contributed by atoms with van der Waals surface area (Å²) in [5, 5.41) is 2.90. The lowest BCUT2D eigenvalue weighted by Crippen LogP contribution is -2.50. The lowest BCUT2D eigenvalue weighted by atomic mass is 10.0. The molecule has 0 spiro atoms. The number of amides is 2. The van der Waals surface area contributed by atoms with Crippen molar-refractivity contribution in [3.05, 3.63) is 95.6 Å². The Morgan fingerprint density at radius 2 is 1.59 bits per heavy atom.